The van der Waals surface area contributed by atoms with E-state index in [9.17, 15) is 9.59 Å². The van der Waals surface area contributed by atoms with Gasteiger partial charge in [0.2, 0.25) is 5.91 Å². The lowest BCUT2D eigenvalue weighted by Gasteiger charge is -2.03. The molecule has 2 aromatic rings. The van der Waals surface area contributed by atoms with Crippen LogP contribution in [0.25, 0.3) is 6.08 Å². The fourth-order valence-electron chi connectivity index (χ4n) is 2.01. The smallest absolute Gasteiger partial charge is 0.337 e. The van der Waals surface area contributed by atoms with Crippen LogP contribution >= 0.6 is 0 Å². The van der Waals surface area contributed by atoms with Gasteiger partial charge in [0.25, 0.3) is 0 Å². The second kappa shape index (κ2) is 7.93. The van der Waals surface area contributed by atoms with Gasteiger partial charge in [-0.25, -0.2) is 9.78 Å². The van der Waals surface area contributed by atoms with Crippen LogP contribution in [-0.4, -0.2) is 35.1 Å². The zero-order valence-corrected chi connectivity index (χ0v) is 13.2. The maximum atomic E-state index is 11.8. The van der Waals surface area contributed by atoms with Crippen LogP contribution in [0.2, 0.25) is 0 Å². The number of nitrogens with zero attached hydrogens (tertiary/aromatic N) is 2. The average molecular weight is 313 g/mol. The average Bonchev–Trinajstić information content (AvgIpc) is 2.98. The predicted molar refractivity (Wildman–Crippen MR) is 86.7 cm³/mol. The molecule has 0 aliphatic heterocycles. The highest BCUT2D eigenvalue weighted by molar-refractivity contribution is 5.92. The first kappa shape index (κ1) is 16.5. The lowest BCUT2D eigenvalue weighted by Crippen LogP contribution is -2.24. The Hall–Kier alpha value is -2.89. The van der Waals surface area contributed by atoms with Crippen LogP contribution < -0.4 is 5.32 Å². The summed E-state index contributed by atoms with van der Waals surface area (Å²) in [6, 6.07) is 6.82. The third-order valence-corrected chi connectivity index (χ3v) is 3.33. The molecule has 120 valence electrons. The van der Waals surface area contributed by atoms with Crippen LogP contribution in [0.3, 0.4) is 0 Å². The first-order chi connectivity index (χ1) is 11.1. The number of aromatic nitrogens is 2. The zero-order valence-electron chi connectivity index (χ0n) is 13.2. The first-order valence-electron chi connectivity index (χ1n) is 7.20. The van der Waals surface area contributed by atoms with Crippen LogP contribution in [0, 0.1) is 0 Å². The molecule has 2 rings (SSSR count). The summed E-state index contributed by atoms with van der Waals surface area (Å²) in [5, 5.41) is 2.80. The number of imidazole rings is 1. The van der Waals surface area contributed by atoms with E-state index in [2.05, 4.69) is 15.0 Å². The first-order valence-corrected chi connectivity index (χ1v) is 7.20. The molecule has 0 aliphatic carbocycles. The summed E-state index contributed by atoms with van der Waals surface area (Å²) >= 11 is 0. The number of amides is 1. The highest BCUT2D eigenvalue weighted by Crippen LogP contribution is 2.07. The summed E-state index contributed by atoms with van der Waals surface area (Å²) in [6.45, 7) is 0.523. The van der Waals surface area contributed by atoms with Crippen molar-refractivity contribution in [3.8, 4) is 0 Å². The molecule has 0 radical (unpaired) electrons. The van der Waals surface area contributed by atoms with Crippen molar-refractivity contribution in [1.29, 1.82) is 0 Å². The molecule has 6 nitrogen and oxygen atoms in total. The molecular formula is C17H19N3O3. The maximum Gasteiger partial charge on any atom is 0.337 e. The van der Waals surface area contributed by atoms with E-state index in [0.29, 0.717) is 18.5 Å². The number of carbonyl (C=O) groups is 2. The van der Waals surface area contributed by atoms with Crippen molar-refractivity contribution in [1.82, 2.24) is 14.9 Å². The minimum atomic E-state index is -0.382. The minimum absolute atomic E-state index is 0.170. The molecule has 0 atom stereocenters. The molecule has 0 saturated heterocycles. The summed E-state index contributed by atoms with van der Waals surface area (Å²) < 4.78 is 6.55. The van der Waals surface area contributed by atoms with Crippen LogP contribution in [0.4, 0.5) is 0 Å². The molecule has 1 N–H and O–H groups in total. The Bertz CT molecular complexity index is 702. The molecule has 0 spiro atoms. The van der Waals surface area contributed by atoms with Gasteiger partial charge in [-0.1, -0.05) is 12.1 Å². The summed E-state index contributed by atoms with van der Waals surface area (Å²) in [6.07, 6.45) is 7.43. The Morgan fingerprint density at radius 2 is 2.04 bits per heavy atom. The van der Waals surface area contributed by atoms with E-state index >= 15 is 0 Å². The highest BCUT2D eigenvalue weighted by atomic mass is 16.5. The second-order valence-electron chi connectivity index (χ2n) is 4.94. The molecule has 0 aliphatic rings. The minimum Gasteiger partial charge on any atom is -0.465 e. The van der Waals surface area contributed by atoms with E-state index < -0.39 is 0 Å². The number of esters is 1. The van der Waals surface area contributed by atoms with E-state index in [1.54, 1.807) is 36.5 Å². The van der Waals surface area contributed by atoms with Gasteiger partial charge in [-0.05, 0) is 23.8 Å². The molecule has 1 aromatic heterocycles. The summed E-state index contributed by atoms with van der Waals surface area (Å²) in [4.78, 5) is 27.3. The SMILES string of the molecule is COC(=O)c1ccc(/C=C\C(=O)NCCc2nccn2C)cc1. The van der Waals surface area contributed by atoms with Gasteiger partial charge >= 0.3 is 5.97 Å². The third-order valence-electron chi connectivity index (χ3n) is 3.33. The van der Waals surface area contributed by atoms with Crippen molar-refractivity contribution in [2.75, 3.05) is 13.7 Å². The number of hydrogen-bond donors (Lipinski definition) is 1. The lowest BCUT2D eigenvalue weighted by molar-refractivity contribution is -0.116. The molecule has 6 heteroatoms. The quantitative estimate of drug-likeness (QED) is 0.649. The van der Waals surface area contributed by atoms with Crippen molar-refractivity contribution in [3.05, 3.63) is 59.7 Å². The van der Waals surface area contributed by atoms with Crippen LogP contribution in [-0.2, 0) is 23.0 Å². The number of hydrogen-bond acceptors (Lipinski definition) is 4. The number of aryl methyl sites for hydroxylation is 1. The number of rotatable bonds is 6. The fraction of sp³-hybridized carbons (Fsp3) is 0.235. The van der Waals surface area contributed by atoms with E-state index in [-0.39, 0.29) is 11.9 Å². The van der Waals surface area contributed by atoms with E-state index in [1.165, 1.54) is 13.2 Å². The van der Waals surface area contributed by atoms with Gasteiger partial charge in [0, 0.05) is 38.5 Å². The molecule has 1 aromatic carbocycles. The molecule has 0 bridgehead atoms. The molecule has 23 heavy (non-hydrogen) atoms. The second-order valence-corrected chi connectivity index (χ2v) is 4.94. The standard InChI is InChI=1S/C17H19N3O3/c1-20-12-11-18-15(20)9-10-19-16(21)8-5-13-3-6-14(7-4-13)17(22)23-2/h3-8,11-12H,9-10H2,1-2H3,(H,19,21)/b8-5-. The topological polar surface area (TPSA) is 73.2 Å². The summed E-state index contributed by atoms with van der Waals surface area (Å²) in [5.41, 5.74) is 1.31. The van der Waals surface area contributed by atoms with Gasteiger partial charge in [-0.3, -0.25) is 4.79 Å². The largest absolute Gasteiger partial charge is 0.465 e. The van der Waals surface area contributed by atoms with Crippen molar-refractivity contribution >= 4 is 18.0 Å². The van der Waals surface area contributed by atoms with Gasteiger partial charge in [0.15, 0.2) is 0 Å². The van der Waals surface area contributed by atoms with Gasteiger partial charge in [-0.15, -0.1) is 0 Å². The van der Waals surface area contributed by atoms with Crippen molar-refractivity contribution in [2.45, 2.75) is 6.42 Å². The molecule has 0 saturated carbocycles. The number of nitrogens with one attached hydrogen (secondary N) is 1. The summed E-state index contributed by atoms with van der Waals surface area (Å²) in [5.74, 6) is 0.372. The predicted octanol–water partition coefficient (Wildman–Crippen LogP) is 1.58. The van der Waals surface area contributed by atoms with Gasteiger partial charge in [0.05, 0.1) is 12.7 Å². The van der Waals surface area contributed by atoms with Crippen LogP contribution in [0.1, 0.15) is 21.7 Å². The van der Waals surface area contributed by atoms with E-state index in [4.69, 9.17) is 0 Å². The number of benzene rings is 1. The molecular weight excluding hydrogens is 294 g/mol. The van der Waals surface area contributed by atoms with E-state index in [0.717, 1.165) is 11.4 Å². The Balaban J connectivity index is 1.81. The Morgan fingerprint density at radius 1 is 1.30 bits per heavy atom. The maximum absolute atomic E-state index is 11.8. The van der Waals surface area contributed by atoms with Crippen molar-refractivity contribution in [2.24, 2.45) is 7.05 Å². The van der Waals surface area contributed by atoms with Crippen molar-refractivity contribution < 1.29 is 14.3 Å². The number of ether oxygens (including phenoxy) is 1. The molecule has 1 heterocycles. The van der Waals surface area contributed by atoms with E-state index in [1.807, 2.05) is 17.8 Å². The van der Waals surface area contributed by atoms with Crippen LogP contribution in [0.15, 0.2) is 42.7 Å². The third kappa shape index (κ3) is 4.81. The molecule has 0 fully saturated rings. The Labute approximate surface area is 134 Å². The highest BCUT2D eigenvalue weighted by Gasteiger charge is 2.03. The molecule has 1 amide bonds. The Morgan fingerprint density at radius 3 is 2.65 bits per heavy atom. The summed E-state index contributed by atoms with van der Waals surface area (Å²) in [7, 11) is 3.26. The van der Waals surface area contributed by atoms with Gasteiger partial charge in [-0.2, -0.15) is 0 Å². The lowest BCUT2D eigenvalue weighted by atomic mass is 10.1. The fourth-order valence-corrected chi connectivity index (χ4v) is 2.01. The van der Waals surface area contributed by atoms with Gasteiger partial charge in [0.1, 0.15) is 5.82 Å². The zero-order chi connectivity index (χ0) is 16.7. The normalized spacial score (nSPS) is 10.7. The Kier molecular flexibility index (Phi) is 5.68. The molecule has 0 unspecified atom stereocenters. The van der Waals surface area contributed by atoms with Crippen LogP contribution in [0.5, 0.6) is 0 Å². The number of methoxy groups -OCH3 is 1. The van der Waals surface area contributed by atoms with Crippen molar-refractivity contribution in [3.63, 3.8) is 0 Å². The number of carbonyl (C=O) groups excluding carboxylic acids is 2. The monoisotopic (exact) mass is 313 g/mol. The van der Waals surface area contributed by atoms with Gasteiger partial charge < -0.3 is 14.6 Å².